The molecule has 1 unspecified atom stereocenters. The number of ether oxygens (including phenoxy) is 1. The van der Waals surface area contributed by atoms with Gasteiger partial charge in [0.2, 0.25) is 0 Å². The summed E-state index contributed by atoms with van der Waals surface area (Å²) in [5, 5.41) is 4.58. The first-order valence-corrected chi connectivity index (χ1v) is 10.8. The number of fused-ring (bicyclic) bond motifs is 1. The molecule has 1 saturated heterocycles. The summed E-state index contributed by atoms with van der Waals surface area (Å²) in [6.45, 7) is 2.84. The molecule has 0 bridgehead atoms. The maximum absolute atomic E-state index is 12.8. The van der Waals surface area contributed by atoms with E-state index in [1.165, 1.54) is 15.9 Å². The summed E-state index contributed by atoms with van der Waals surface area (Å²) in [7, 11) is 0. The number of aromatic nitrogens is 4. The van der Waals surface area contributed by atoms with Crippen LogP contribution in [0, 0.1) is 0 Å². The molecule has 8 heteroatoms. The third-order valence-electron chi connectivity index (χ3n) is 5.88. The second kappa shape index (κ2) is 8.24. The van der Waals surface area contributed by atoms with Crippen molar-refractivity contribution in [2.24, 2.45) is 0 Å². The van der Waals surface area contributed by atoms with Crippen molar-refractivity contribution < 1.29 is 4.74 Å². The maximum atomic E-state index is 12.8. The lowest BCUT2D eigenvalue weighted by Gasteiger charge is -2.30. The third-order valence-corrected chi connectivity index (χ3v) is 6.24. The average molecular weight is 426 g/mol. The summed E-state index contributed by atoms with van der Waals surface area (Å²) in [4.78, 5) is 19.5. The molecule has 5 rings (SSSR count). The van der Waals surface area contributed by atoms with E-state index in [2.05, 4.69) is 43.8 Å². The molecule has 1 aromatic carbocycles. The Morgan fingerprint density at radius 2 is 2.07 bits per heavy atom. The van der Waals surface area contributed by atoms with Crippen molar-refractivity contribution in [3.8, 4) is 0 Å². The van der Waals surface area contributed by atoms with E-state index in [0.717, 1.165) is 44.5 Å². The second-order valence-corrected chi connectivity index (χ2v) is 8.22. The minimum Gasteiger partial charge on any atom is -0.362 e. The van der Waals surface area contributed by atoms with Gasteiger partial charge in [-0.1, -0.05) is 41.9 Å². The molecule has 2 aliphatic heterocycles. The summed E-state index contributed by atoms with van der Waals surface area (Å²) < 4.78 is 9.29. The van der Waals surface area contributed by atoms with Gasteiger partial charge in [0.05, 0.1) is 30.5 Å². The largest absolute Gasteiger partial charge is 0.362 e. The Bertz CT molecular complexity index is 1090. The van der Waals surface area contributed by atoms with Crippen molar-refractivity contribution in [1.29, 1.82) is 0 Å². The van der Waals surface area contributed by atoms with Gasteiger partial charge in [0.1, 0.15) is 5.02 Å². The molecule has 1 atom stereocenters. The van der Waals surface area contributed by atoms with Crippen LogP contribution < -0.4 is 10.5 Å². The predicted molar refractivity (Wildman–Crippen MR) is 115 cm³/mol. The molecule has 2 aromatic heterocycles. The fourth-order valence-corrected chi connectivity index (χ4v) is 4.53. The Morgan fingerprint density at radius 3 is 2.87 bits per heavy atom. The van der Waals surface area contributed by atoms with Gasteiger partial charge >= 0.3 is 0 Å². The van der Waals surface area contributed by atoms with Crippen LogP contribution in [0.25, 0.3) is 0 Å². The molecule has 2 aliphatic rings. The molecule has 0 spiro atoms. The molecule has 1 fully saturated rings. The average Bonchev–Trinajstić information content (AvgIpc) is 3.19. The zero-order valence-electron chi connectivity index (χ0n) is 16.7. The van der Waals surface area contributed by atoms with Crippen molar-refractivity contribution in [3.05, 3.63) is 75.2 Å². The Kier molecular flexibility index (Phi) is 5.31. The van der Waals surface area contributed by atoms with Gasteiger partial charge in [-0.2, -0.15) is 9.78 Å². The van der Waals surface area contributed by atoms with E-state index >= 15 is 0 Å². The number of hydrogen-bond acceptors (Lipinski definition) is 5. The molecule has 4 heterocycles. The van der Waals surface area contributed by atoms with Crippen LogP contribution in [0.5, 0.6) is 0 Å². The Balaban J connectivity index is 1.36. The fourth-order valence-electron chi connectivity index (χ4n) is 4.27. The number of benzene rings is 1. The lowest BCUT2D eigenvalue weighted by Crippen LogP contribution is -2.36. The van der Waals surface area contributed by atoms with Crippen LogP contribution in [0.2, 0.25) is 5.02 Å². The van der Waals surface area contributed by atoms with Crippen LogP contribution in [0.3, 0.4) is 0 Å². The van der Waals surface area contributed by atoms with Crippen molar-refractivity contribution >= 4 is 17.3 Å². The summed E-state index contributed by atoms with van der Waals surface area (Å²) in [5.74, 6) is 0. The summed E-state index contributed by atoms with van der Waals surface area (Å²) >= 11 is 6.49. The number of imidazole rings is 1. The maximum Gasteiger partial charge on any atom is 0.290 e. The van der Waals surface area contributed by atoms with Crippen molar-refractivity contribution in [3.63, 3.8) is 0 Å². The van der Waals surface area contributed by atoms with Crippen molar-refractivity contribution in [1.82, 2.24) is 19.3 Å². The number of halogens is 1. The third kappa shape index (κ3) is 3.63. The lowest BCUT2D eigenvalue weighted by molar-refractivity contribution is -0.0424. The summed E-state index contributed by atoms with van der Waals surface area (Å²) in [5.41, 5.74) is 3.88. The minimum absolute atomic E-state index is 0.200. The molecule has 3 aromatic rings. The van der Waals surface area contributed by atoms with Gasteiger partial charge in [-0.25, -0.2) is 4.98 Å². The van der Waals surface area contributed by atoms with E-state index in [-0.39, 0.29) is 16.8 Å². The molecule has 0 amide bonds. The van der Waals surface area contributed by atoms with Crippen LogP contribution in [0.4, 0.5) is 5.69 Å². The predicted octanol–water partition coefficient (Wildman–Crippen LogP) is 3.40. The molecule has 7 nitrogen and oxygen atoms in total. The Morgan fingerprint density at radius 1 is 1.20 bits per heavy atom. The van der Waals surface area contributed by atoms with E-state index in [1.807, 2.05) is 12.4 Å². The molecule has 30 heavy (non-hydrogen) atoms. The monoisotopic (exact) mass is 425 g/mol. The molecule has 0 N–H and O–H groups in total. The smallest absolute Gasteiger partial charge is 0.290 e. The normalized spacial score (nSPS) is 19.0. The van der Waals surface area contributed by atoms with Crippen LogP contribution in [-0.2, 0) is 24.2 Å². The Hall–Kier alpha value is -2.64. The Labute approximate surface area is 179 Å². The SMILES string of the molecule is O=c1c(Cl)c(N2CCc3c(ncn3Cc3ccccc3)C2)cnn1C1CCCCO1. The van der Waals surface area contributed by atoms with Gasteiger partial charge in [-0.3, -0.25) is 4.79 Å². The van der Waals surface area contributed by atoms with Gasteiger partial charge in [0, 0.05) is 31.8 Å². The quantitative estimate of drug-likeness (QED) is 0.641. The lowest BCUT2D eigenvalue weighted by atomic mass is 10.1. The summed E-state index contributed by atoms with van der Waals surface area (Å²) in [6.07, 6.45) is 6.94. The van der Waals surface area contributed by atoms with Crippen molar-refractivity contribution in [2.75, 3.05) is 18.1 Å². The van der Waals surface area contributed by atoms with Gasteiger partial charge in [-0.15, -0.1) is 0 Å². The van der Waals surface area contributed by atoms with Crippen LogP contribution >= 0.6 is 11.6 Å². The first-order valence-electron chi connectivity index (χ1n) is 10.4. The van der Waals surface area contributed by atoms with Crippen LogP contribution in [0.15, 0.2) is 47.7 Å². The number of rotatable bonds is 4. The second-order valence-electron chi connectivity index (χ2n) is 7.84. The highest BCUT2D eigenvalue weighted by atomic mass is 35.5. The molecule has 0 saturated carbocycles. The van der Waals surface area contributed by atoms with Gasteiger partial charge in [0.25, 0.3) is 5.56 Å². The fraction of sp³-hybridized carbons (Fsp3) is 0.409. The van der Waals surface area contributed by atoms with Crippen LogP contribution in [0.1, 0.15) is 42.4 Å². The summed E-state index contributed by atoms with van der Waals surface area (Å²) in [6, 6.07) is 10.4. The molecular formula is C22H24ClN5O2. The number of anilines is 1. The zero-order chi connectivity index (χ0) is 20.5. The van der Waals surface area contributed by atoms with Crippen LogP contribution in [-0.4, -0.2) is 32.5 Å². The van der Waals surface area contributed by atoms with E-state index in [1.54, 1.807) is 6.20 Å². The molecule has 0 radical (unpaired) electrons. The van der Waals surface area contributed by atoms with Gasteiger partial charge in [0.15, 0.2) is 6.23 Å². The first kappa shape index (κ1) is 19.3. The van der Waals surface area contributed by atoms with E-state index in [9.17, 15) is 4.79 Å². The molecular weight excluding hydrogens is 402 g/mol. The topological polar surface area (TPSA) is 65.2 Å². The zero-order valence-corrected chi connectivity index (χ0v) is 17.5. The highest BCUT2D eigenvalue weighted by Gasteiger charge is 2.26. The van der Waals surface area contributed by atoms with Crippen molar-refractivity contribution in [2.45, 2.75) is 45.0 Å². The van der Waals surface area contributed by atoms with Gasteiger partial charge in [-0.05, 0) is 24.8 Å². The standard InChI is InChI=1S/C22H24ClN5O2/c23-21-19(12-25-28(22(21)29)20-8-4-5-11-30-20)26-10-9-18-17(14-26)24-15-27(18)13-16-6-2-1-3-7-16/h1-3,6-7,12,15,20H,4-5,8-11,13-14H2. The van der Waals surface area contributed by atoms with E-state index in [0.29, 0.717) is 18.8 Å². The minimum atomic E-state index is -0.320. The van der Waals surface area contributed by atoms with E-state index in [4.69, 9.17) is 16.3 Å². The van der Waals surface area contributed by atoms with Gasteiger partial charge < -0.3 is 14.2 Å². The molecule has 0 aliphatic carbocycles. The number of nitrogens with zero attached hydrogens (tertiary/aromatic N) is 5. The first-order chi connectivity index (χ1) is 14.7. The highest BCUT2D eigenvalue weighted by Crippen LogP contribution is 2.29. The highest BCUT2D eigenvalue weighted by molar-refractivity contribution is 6.33. The molecule has 156 valence electrons. The number of hydrogen-bond donors (Lipinski definition) is 0. The van der Waals surface area contributed by atoms with E-state index < -0.39 is 0 Å².